The first-order chi connectivity index (χ1) is 10.4. The molecule has 1 amide bonds. The van der Waals surface area contributed by atoms with E-state index in [1.807, 2.05) is 17.5 Å². The smallest absolute Gasteiger partial charge is 0.241 e. The van der Waals surface area contributed by atoms with Crippen molar-refractivity contribution in [2.24, 2.45) is 0 Å². The molecular formula is C14H15ClN2O3S2. The van der Waals surface area contributed by atoms with Gasteiger partial charge in [-0.1, -0.05) is 17.7 Å². The van der Waals surface area contributed by atoms with Crippen LogP contribution in [0.2, 0.25) is 5.02 Å². The number of thiophene rings is 1. The Labute approximate surface area is 138 Å². The van der Waals surface area contributed by atoms with Crippen molar-refractivity contribution in [2.75, 3.05) is 0 Å². The van der Waals surface area contributed by atoms with Gasteiger partial charge < -0.3 is 5.32 Å². The molecule has 1 heterocycles. The molecule has 1 aromatic heterocycles. The van der Waals surface area contributed by atoms with Crippen LogP contribution in [-0.4, -0.2) is 20.4 Å². The highest BCUT2D eigenvalue weighted by Crippen LogP contribution is 2.14. The minimum absolute atomic E-state index is 0.0646. The summed E-state index contributed by atoms with van der Waals surface area (Å²) >= 11 is 7.25. The fraction of sp³-hybridized carbons (Fsp3) is 0.214. The molecule has 0 aliphatic carbocycles. The van der Waals surface area contributed by atoms with E-state index < -0.39 is 16.1 Å². The molecule has 1 aromatic carbocycles. The van der Waals surface area contributed by atoms with Crippen molar-refractivity contribution in [3.05, 3.63) is 51.7 Å². The van der Waals surface area contributed by atoms with Gasteiger partial charge in [-0.05, 0) is 42.6 Å². The lowest BCUT2D eigenvalue weighted by molar-refractivity contribution is -0.122. The highest BCUT2D eigenvalue weighted by atomic mass is 35.5. The van der Waals surface area contributed by atoms with Gasteiger partial charge in [-0.2, -0.15) is 4.72 Å². The van der Waals surface area contributed by atoms with E-state index in [4.69, 9.17) is 11.6 Å². The zero-order valence-corrected chi connectivity index (χ0v) is 14.1. The van der Waals surface area contributed by atoms with Gasteiger partial charge in [0, 0.05) is 9.90 Å². The molecule has 0 saturated carbocycles. The third-order valence-corrected chi connectivity index (χ3v) is 5.55. The minimum atomic E-state index is -3.76. The third kappa shape index (κ3) is 4.54. The molecule has 5 nitrogen and oxygen atoms in total. The molecule has 0 saturated heterocycles. The van der Waals surface area contributed by atoms with Crippen LogP contribution in [0, 0.1) is 0 Å². The summed E-state index contributed by atoms with van der Waals surface area (Å²) in [6, 6.07) is 8.66. The van der Waals surface area contributed by atoms with E-state index in [2.05, 4.69) is 10.0 Å². The second kappa shape index (κ2) is 7.23. The Morgan fingerprint density at radius 2 is 1.95 bits per heavy atom. The first-order valence-electron chi connectivity index (χ1n) is 6.46. The van der Waals surface area contributed by atoms with Crippen LogP contribution in [0.15, 0.2) is 46.7 Å². The van der Waals surface area contributed by atoms with Crippen molar-refractivity contribution in [1.82, 2.24) is 10.0 Å². The Bertz CT molecular complexity index is 728. The Morgan fingerprint density at radius 1 is 1.27 bits per heavy atom. The first-order valence-corrected chi connectivity index (χ1v) is 9.20. The zero-order chi connectivity index (χ0) is 16.2. The number of nitrogens with one attached hydrogen (secondary N) is 2. The molecule has 2 N–H and O–H groups in total. The Kier molecular flexibility index (Phi) is 5.57. The van der Waals surface area contributed by atoms with Gasteiger partial charge >= 0.3 is 0 Å². The van der Waals surface area contributed by atoms with Crippen molar-refractivity contribution in [3.8, 4) is 0 Å². The molecular weight excluding hydrogens is 344 g/mol. The fourth-order valence-electron chi connectivity index (χ4n) is 1.71. The van der Waals surface area contributed by atoms with E-state index in [0.29, 0.717) is 11.6 Å². The average molecular weight is 359 g/mol. The van der Waals surface area contributed by atoms with Gasteiger partial charge in [0.1, 0.15) is 0 Å². The van der Waals surface area contributed by atoms with Gasteiger partial charge in [-0.15, -0.1) is 11.3 Å². The van der Waals surface area contributed by atoms with Crippen molar-refractivity contribution in [1.29, 1.82) is 0 Å². The Hall–Kier alpha value is -1.41. The second-order valence-corrected chi connectivity index (χ2v) is 7.78. The molecule has 0 spiro atoms. The maximum Gasteiger partial charge on any atom is 0.241 e. The summed E-state index contributed by atoms with van der Waals surface area (Å²) < 4.78 is 26.7. The van der Waals surface area contributed by atoms with E-state index in [9.17, 15) is 13.2 Å². The summed E-state index contributed by atoms with van der Waals surface area (Å²) in [5.41, 5.74) is 0. The molecule has 2 aromatic rings. The van der Waals surface area contributed by atoms with Gasteiger partial charge in [0.15, 0.2) is 0 Å². The summed E-state index contributed by atoms with van der Waals surface area (Å²) in [5.74, 6) is -0.383. The SMILES string of the molecule is CC(NS(=O)(=O)c1ccc(Cl)cc1)C(=O)NCc1cccs1. The van der Waals surface area contributed by atoms with Crippen LogP contribution < -0.4 is 10.0 Å². The summed E-state index contributed by atoms with van der Waals surface area (Å²) in [4.78, 5) is 13.0. The average Bonchev–Trinajstić information content (AvgIpc) is 2.98. The number of carbonyl (C=O) groups excluding carboxylic acids is 1. The maximum absolute atomic E-state index is 12.2. The van der Waals surface area contributed by atoms with Gasteiger partial charge in [0.25, 0.3) is 0 Å². The van der Waals surface area contributed by atoms with E-state index >= 15 is 0 Å². The summed E-state index contributed by atoms with van der Waals surface area (Å²) in [5, 5.41) is 5.05. The number of amides is 1. The number of benzene rings is 1. The molecule has 0 aliphatic rings. The molecule has 0 aliphatic heterocycles. The van der Waals surface area contributed by atoms with E-state index in [-0.39, 0.29) is 10.8 Å². The number of carbonyl (C=O) groups is 1. The van der Waals surface area contributed by atoms with Crippen molar-refractivity contribution >= 4 is 38.9 Å². The third-order valence-electron chi connectivity index (χ3n) is 2.87. The molecule has 22 heavy (non-hydrogen) atoms. The largest absolute Gasteiger partial charge is 0.350 e. The van der Waals surface area contributed by atoms with Crippen molar-refractivity contribution < 1.29 is 13.2 Å². The minimum Gasteiger partial charge on any atom is -0.350 e. The molecule has 1 unspecified atom stereocenters. The summed E-state index contributed by atoms with van der Waals surface area (Å²) in [7, 11) is -3.76. The number of halogens is 1. The first kappa shape index (κ1) is 17.0. The number of hydrogen-bond donors (Lipinski definition) is 2. The highest BCUT2D eigenvalue weighted by Gasteiger charge is 2.21. The van der Waals surface area contributed by atoms with Crippen LogP contribution in [0.1, 0.15) is 11.8 Å². The van der Waals surface area contributed by atoms with E-state index in [1.54, 1.807) is 0 Å². The lowest BCUT2D eigenvalue weighted by atomic mass is 10.3. The van der Waals surface area contributed by atoms with Gasteiger partial charge in [0.2, 0.25) is 15.9 Å². The van der Waals surface area contributed by atoms with Crippen LogP contribution >= 0.6 is 22.9 Å². The maximum atomic E-state index is 12.2. The molecule has 0 fully saturated rings. The lowest BCUT2D eigenvalue weighted by Gasteiger charge is -2.14. The van der Waals surface area contributed by atoms with E-state index in [0.717, 1.165) is 4.88 Å². The normalized spacial score (nSPS) is 12.8. The molecule has 1 atom stereocenters. The van der Waals surface area contributed by atoms with Crippen LogP contribution in [0.4, 0.5) is 0 Å². The molecule has 8 heteroatoms. The van der Waals surface area contributed by atoms with Crippen LogP contribution in [-0.2, 0) is 21.4 Å². The Morgan fingerprint density at radius 3 is 2.55 bits per heavy atom. The summed E-state index contributed by atoms with van der Waals surface area (Å²) in [6.45, 7) is 1.88. The molecule has 2 rings (SSSR count). The van der Waals surface area contributed by atoms with Gasteiger partial charge in [0.05, 0.1) is 17.5 Å². The van der Waals surface area contributed by atoms with Crippen LogP contribution in [0.5, 0.6) is 0 Å². The monoisotopic (exact) mass is 358 g/mol. The lowest BCUT2D eigenvalue weighted by Crippen LogP contribution is -2.44. The molecule has 0 bridgehead atoms. The number of hydrogen-bond acceptors (Lipinski definition) is 4. The van der Waals surface area contributed by atoms with Gasteiger partial charge in [-0.25, -0.2) is 8.42 Å². The molecule has 0 radical (unpaired) electrons. The fourth-order valence-corrected chi connectivity index (χ4v) is 3.68. The van der Waals surface area contributed by atoms with Crippen molar-refractivity contribution in [3.63, 3.8) is 0 Å². The quantitative estimate of drug-likeness (QED) is 0.832. The highest BCUT2D eigenvalue weighted by molar-refractivity contribution is 7.89. The van der Waals surface area contributed by atoms with Crippen LogP contribution in [0.3, 0.4) is 0 Å². The predicted octanol–water partition coefficient (Wildman–Crippen LogP) is 2.38. The molecule has 118 valence electrons. The zero-order valence-electron chi connectivity index (χ0n) is 11.7. The standard InChI is InChI=1S/C14H15ClN2O3S2/c1-10(14(18)16-9-12-3-2-8-21-12)17-22(19,20)13-6-4-11(15)5-7-13/h2-8,10,17H,9H2,1H3,(H,16,18). The predicted molar refractivity (Wildman–Crippen MR) is 87.4 cm³/mol. The second-order valence-electron chi connectivity index (χ2n) is 4.59. The van der Waals surface area contributed by atoms with Crippen LogP contribution in [0.25, 0.3) is 0 Å². The van der Waals surface area contributed by atoms with E-state index in [1.165, 1.54) is 42.5 Å². The van der Waals surface area contributed by atoms with Crippen molar-refractivity contribution in [2.45, 2.75) is 24.4 Å². The topological polar surface area (TPSA) is 75.3 Å². The number of sulfonamides is 1. The summed E-state index contributed by atoms with van der Waals surface area (Å²) in [6.07, 6.45) is 0. The number of rotatable bonds is 6. The van der Waals surface area contributed by atoms with Gasteiger partial charge in [-0.3, -0.25) is 4.79 Å². The Balaban J connectivity index is 1.96.